The molecule has 1 aromatic heterocycles. The first-order valence-corrected chi connectivity index (χ1v) is 14.9. The molecule has 7 N–H and O–H groups in total. The SMILES string of the molecule is Cc1cn([C@H]2C[C@H](O)[C@@H](COP(=O)(O)O[P+]([O-])([S-])C[C@H]3O[C@H](CO)[C@@H](O)[C@H](O)[C@H]3O)O2)c(=O)[nH]c1=O. The van der Waals surface area contributed by atoms with E-state index in [4.69, 9.17) is 26.2 Å². The number of phosphoric ester groups is 1. The number of aromatic nitrogens is 2. The zero-order chi connectivity index (χ0) is 27.0. The first-order chi connectivity index (χ1) is 16.6. The third-order valence-corrected chi connectivity index (χ3v) is 9.83. The van der Waals surface area contributed by atoms with E-state index in [9.17, 15) is 49.5 Å². The molecule has 0 amide bonds. The molecular formula is C17H27N2O14P2S-. The smallest absolute Gasteiger partial charge is 0.503 e. The van der Waals surface area contributed by atoms with Crippen LogP contribution in [-0.4, -0.2) is 102 Å². The zero-order valence-corrected chi connectivity index (χ0v) is 21.3. The van der Waals surface area contributed by atoms with E-state index in [2.05, 4.69) is 9.29 Å². The lowest BCUT2D eigenvalue weighted by Crippen LogP contribution is -2.59. The van der Waals surface area contributed by atoms with Crippen LogP contribution in [0.1, 0.15) is 18.2 Å². The van der Waals surface area contributed by atoms with Crippen molar-refractivity contribution in [2.45, 2.75) is 62.3 Å². The van der Waals surface area contributed by atoms with E-state index in [1.54, 1.807) is 0 Å². The Hall–Kier alpha value is -0.750. The lowest BCUT2D eigenvalue weighted by Gasteiger charge is -2.44. The van der Waals surface area contributed by atoms with Crippen molar-refractivity contribution in [3.63, 3.8) is 0 Å². The second kappa shape index (κ2) is 11.6. The topological polar surface area (TPSA) is 253 Å². The van der Waals surface area contributed by atoms with Crippen LogP contribution in [0.2, 0.25) is 0 Å². The molecule has 0 radical (unpaired) electrons. The summed E-state index contributed by atoms with van der Waals surface area (Å²) in [6, 6.07) is 0. The molecule has 2 unspecified atom stereocenters. The zero-order valence-electron chi connectivity index (χ0n) is 18.7. The van der Waals surface area contributed by atoms with Gasteiger partial charge in [0, 0.05) is 18.2 Å². The highest BCUT2D eigenvalue weighted by molar-refractivity contribution is 8.37. The lowest BCUT2D eigenvalue weighted by atomic mass is 9.96. The molecule has 2 aliphatic heterocycles. The Kier molecular flexibility index (Phi) is 9.56. The summed E-state index contributed by atoms with van der Waals surface area (Å²) in [5, 5.41) is 49.1. The van der Waals surface area contributed by atoms with Crippen molar-refractivity contribution in [1.82, 2.24) is 9.55 Å². The maximum atomic E-state index is 12.7. The van der Waals surface area contributed by atoms with Crippen LogP contribution in [0.25, 0.3) is 0 Å². The highest BCUT2D eigenvalue weighted by atomic mass is 32.7. The molecule has 1 aromatic rings. The van der Waals surface area contributed by atoms with Crippen LogP contribution in [0.15, 0.2) is 15.8 Å². The maximum absolute atomic E-state index is 12.7. The molecule has 36 heavy (non-hydrogen) atoms. The van der Waals surface area contributed by atoms with Gasteiger partial charge in [-0.1, -0.05) is 0 Å². The van der Waals surface area contributed by atoms with E-state index in [0.717, 1.165) is 4.57 Å². The first kappa shape index (κ1) is 29.8. The van der Waals surface area contributed by atoms with Gasteiger partial charge in [-0.25, -0.2) is 9.36 Å². The Morgan fingerprint density at radius 3 is 2.47 bits per heavy atom. The lowest BCUT2D eigenvalue weighted by molar-refractivity contribution is -0.228. The number of nitrogens with zero attached hydrogens (tertiary/aromatic N) is 1. The van der Waals surface area contributed by atoms with Crippen LogP contribution in [0.3, 0.4) is 0 Å². The van der Waals surface area contributed by atoms with Crippen LogP contribution in [-0.2, 0) is 35.1 Å². The molecule has 3 heterocycles. The molecule has 19 heteroatoms. The van der Waals surface area contributed by atoms with E-state index in [0.29, 0.717) is 0 Å². The van der Waals surface area contributed by atoms with E-state index in [1.165, 1.54) is 13.1 Å². The number of aryl methyl sites for hydroxylation is 1. The number of hydrogen-bond acceptors (Lipinski definition) is 14. The summed E-state index contributed by atoms with van der Waals surface area (Å²) in [6.45, 7) is -4.48. The van der Waals surface area contributed by atoms with Crippen molar-refractivity contribution in [1.29, 1.82) is 0 Å². The highest BCUT2D eigenvalue weighted by Gasteiger charge is 2.46. The predicted octanol–water partition coefficient (Wildman–Crippen LogP) is -3.86. The Labute approximate surface area is 209 Å². The number of nitrogens with one attached hydrogen (secondary N) is 1. The molecule has 3 rings (SSSR count). The predicted molar refractivity (Wildman–Crippen MR) is 120 cm³/mol. The number of aliphatic hydroxyl groups is 5. The summed E-state index contributed by atoms with van der Waals surface area (Å²) in [5.41, 5.74) is -1.17. The molecule has 0 aliphatic carbocycles. The molecule has 206 valence electrons. The summed E-state index contributed by atoms with van der Waals surface area (Å²) in [6.07, 6.45) is -11.3. The summed E-state index contributed by atoms with van der Waals surface area (Å²) in [4.78, 5) is 48.3. The second-order valence-electron chi connectivity index (χ2n) is 8.42. The molecule has 2 aliphatic rings. The number of phosphoric acid groups is 1. The summed E-state index contributed by atoms with van der Waals surface area (Å²) < 4.78 is 33.4. The fourth-order valence-electron chi connectivity index (χ4n) is 3.77. The summed E-state index contributed by atoms with van der Waals surface area (Å²) in [7, 11) is -5.12. The van der Waals surface area contributed by atoms with E-state index >= 15 is 0 Å². The Bertz CT molecular complexity index is 1080. The average molecular weight is 577 g/mol. The quantitative estimate of drug-likeness (QED) is 0.110. The number of H-pyrrole nitrogens is 1. The highest BCUT2D eigenvalue weighted by Crippen LogP contribution is 2.64. The molecule has 10 atom stereocenters. The van der Waals surface area contributed by atoms with E-state index in [1.807, 2.05) is 0 Å². The third-order valence-electron chi connectivity index (χ3n) is 5.68. The van der Waals surface area contributed by atoms with Crippen LogP contribution >= 0.6 is 14.7 Å². The first-order valence-electron chi connectivity index (χ1n) is 10.6. The van der Waals surface area contributed by atoms with Crippen LogP contribution in [0.5, 0.6) is 0 Å². The van der Waals surface area contributed by atoms with Gasteiger partial charge >= 0.3 is 13.5 Å². The van der Waals surface area contributed by atoms with Gasteiger partial charge in [0.1, 0.15) is 42.9 Å². The maximum Gasteiger partial charge on any atom is 0.503 e. The Morgan fingerprint density at radius 1 is 1.19 bits per heavy atom. The number of rotatable bonds is 9. The van der Waals surface area contributed by atoms with Crippen molar-refractivity contribution in [3.05, 3.63) is 32.6 Å². The normalized spacial score (nSPS) is 36.4. The fraction of sp³-hybridized carbons (Fsp3) is 0.765. The molecule has 16 nitrogen and oxygen atoms in total. The van der Waals surface area contributed by atoms with Gasteiger partial charge in [-0.05, 0) is 13.8 Å². The van der Waals surface area contributed by atoms with Gasteiger partial charge in [0.25, 0.3) is 5.56 Å². The molecule has 2 saturated heterocycles. The molecule has 0 spiro atoms. The van der Waals surface area contributed by atoms with Crippen molar-refractivity contribution in [3.8, 4) is 0 Å². The number of aliphatic hydroxyl groups excluding tert-OH is 5. The van der Waals surface area contributed by atoms with Gasteiger partial charge < -0.3 is 57.0 Å². The monoisotopic (exact) mass is 577 g/mol. The Balaban J connectivity index is 1.59. The number of ether oxygens (including phenoxy) is 2. The van der Waals surface area contributed by atoms with Gasteiger partial charge in [-0.15, -0.1) is 0 Å². The van der Waals surface area contributed by atoms with Gasteiger partial charge in [0.2, 0.25) is 0 Å². The largest absolute Gasteiger partial charge is 0.672 e. The van der Waals surface area contributed by atoms with Crippen molar-refractivity contribution in [2.24, 2.45) is 0 Å². The van der Waals surface area contributed by atoms with Gasteiger partial charge in [-0.3, -0.25) is 18.9 Å². The minimum atomic E-state index is -5.12. The van der Waals surface area contributed by atoms with Crippen molar-refractivity contribution >= 4 is 27.0 Å². The molecule has 0 saturated carbocycles. The third kappa shape index (κ3) is 7.01. The number of hydrogen-bond donors (Lipinski definition) is 7. The average Bonchev–Trinajstić information content (AvgIpc) is 3.14. The molecular weight excluding hydrogens is 550 g/mol. The summed E-state index contributed by atoms with van der Waals surface area (Å²) in [5.74, 6) is 0. The second-order valence-corrected chi connectivity index (χ2v) is 13.5. The molecule has 0 aromatic carbocycles. The van der Waals surface area contributed by atoms with Crippen molar-refractivity contribution in [2.75, 3.05) is 19.4 Å². The minimum absolute atomic E-state index is 0.118. The summed E-state index contributed by atoms with van der Waals surface area (Å²) >= 11 is 4.74. The van der Waals surface area contributed by atoms with Crippen LogP contribution < -0.4 is 16.1 Å². The van der Waals surface area contributed by atoms with Crippen LogP contribution in [0, 0.1) is 6.92 Å². The van der Waals surface area contributed by atoms with Gasteiger partial charge in [0.15, 0.2) is 0 Å². The Morgan fingerprint density at radius 2 is 1.83 bits per heavy atom. The van der Waals surface area contributed by atoms with Crippen molar-refractivity contribution < 1.29 is 58.2 Å². The van der Waals surface area contributed by atoms with E-state index in [-0.39, 0.29) is 12.0 Å². The molecule has 2 fully saturated rings. The molecule has 0 bridgehead atoms. The number of aromatic amines is 1. The van der Waals surface area contributed by atoms with Gasteiger partial charge in [0.05, 0.1) is 25.5 Å². The minimum Gasteiger partial charge on any atom is -0.672 e. The fourth-order valence-corrected chi connectivity index (χ4v) is 7.76. The standard InChI is InChI=1S/C17H28N2O14P2S/c1-7-3-19(17(26)18-16(7)25)12-2-8(21)10(32-12)5-30-35(28,29)33-34(27,36)6-11-14(23)15(24)13(22)9(4-20)31-11/h3,8-15,20-24H,2,4-6H2,1H3,(H,27,36)(H,28,29)(H,18,25,26)/p-1/t8-,9+,10+,11+,12+,13+,14-,15-,34?/m0/s1. The van der Waals surface area contributed by atoms with Gasteiger partial charge in [-0.2, -0.15) is 4.31 Å². The van der Waals surface area contributed by atoms with Crippen LogP contribution in [0.4, 0.5) is 0 Å². The van der Waals surface area contributed by atoms with E-state index < -0.39 is 94.3 Å².